The van der Waals surface area contributed by atoms with Crippen LogP contribution in [0.1, 0.15) is 177 Å². The highest BCUT2D eigenvalue weighted by Crippen LogP contribution is 2.63. The number of benzene rings is 8. The van der Waals surface area contributed by atoms with Crippen LogP contribution in [-0.2, 0) is 32.5 Å². The molecule has 3 aliphatic heterocycles. The van der Waals surface area contributed by atoms with Crippen molar-refractivity contribution in [2.45, 2.75) is 181 Å². The van der Waals surface area contributed by atoms with Gasteiger partial charge in [-0.25, -0.2) is 0 Å². The Morgan fingerprint density at radius 1 is 0.457 bits per heavy atom. The van der Waals surface area contributed by atoms with Crippen LogP contribution >= 0.6 is 11.3 Å². The van der Waals surface area contributed by atoms with E-state index in [2.05, 4.69) is 284 Å². The fraction of sp³-hybridized carbons (Fsp3) is 0.368. The molecule has 81 heavy (non-hydrogen) atoms. The quantitative estimate of drug-likeness (QED) is 0.159. The molecule has 0 radical (unpaired) electrons. The van der Waals surface area contributed by atoms with Crippen LogP contribution in [0.5, 0.6) is 0 Å². The number of nitrogens with zero attached hydrogens (tertiary/aromatic N) is 3. The number of hydrogen-bond donors (Lipinski definition) is 0. The maximum Gasteiger partial charge on any atom is 0.252 e. The number of rotatable bonds is 5. The van der Waals surface area contributed by atoms with Crippen molar-refractivity contribution in [1.82, 2.24) is 0 Å². The molecule has 4 heterocycles. The molecule has 0 N–H and O–H groups in total. The lowest BCUT2D eigenvalue weighted by atomic mass is 9.33. The lowest BCUT2D eigenvalue weighted by Crippen LogP contribution is -2.64. The molecule has 1 aromatic heterocycles. The molecule has 2 unspecified atom stereocenters. The molecule has 412 valence electrons. The molecule has 13 rings (SSSR count). The van der Waals surface area contributed by atoms with Crippen molar-refractivity contribution < 1.29 is 0 Å². The zero-order chi connectivity index (χ0) is 57.3. The molecule has 5 heteroatoms. The minimum absolute atomic E-state index is 0.0106. The van der Waals surface area contributed by atoms with Crippen LogP contribution in [-0.4, -0.2) is 12.3 Å². The second kappa shape index (κ2) is 18.0. The van der Waals surface area contributed by atoms with E-state index in [-0.39, 0.29) is 44.7 Å². The summed E-state index contributed by atoms with van der Waals surface area (Å²) in [6, 6.07) is 60.5. The van der Waals surface area contributed by atoms with Gasteiger partial charge in [0.15, 0.2) is 0 Å². The monoisotopic (exact) mass is 1080 g/mol. The highest BCUT2D eigenvalue weighted by molar-refractivity contribution is 7.26. The van der Waals surface area contributed by atoms with Crippen LogP contribution in [0.15, 0.2) is 152 Å². The Morgan fingerprint density at radius 2 is 1.01 bits per heavy atom. The summed E-state index contributed by atoms with van der Waals surface area (Å²) in [6.45, 7) is 40.6. The first-order chi connectivity index (χ1) is 38.1. The molecule has 9 aromatic rings. The fourth-order valence-electron chi connectivity index (χ4n) is 14.6. The van der Waals surface area contributed by atoms with E-state index >= 15 is 0 Å². The van der Waals surface area contributed by atoms with Gasteiger partial charge < -0.3 is 14.7 Å². The van der Waals surface area contributed by atoms with Gasteiger partial charge in [0, 0.05) is 54.9 Å². The van der Waals surface area contributed by atoms with E-state index < -0.39 is 0 Å². The van der Waals surface area contributed by atoms with Gasteiger partial charge in [-0.1, -0.05) is 215 Å². The van der Waals surface area contributed by atoms with Crippen molar-refractivity contribution in [2.75, 3.05) is 14.7 Å². The molecule has 4 aliphatic rings. The summed E-state index contributed by atoms with van der Waals surface area (Å²) in [5.74, 6) is 0. The third-order valence-corrected chi connectivity index (χ3v) is 21.0. The summed E-state index contributed by atoms with van der Waals surface area (Å²) in [6.07, 6.45) is 4.75. The van der Waals surface area contributed by atoms with Gasteiger partial charge in [0.25, 0.3) is 6.71 Å². The zero-order valence-corrected chi connectivity index (χ0v) is 52.4. The van der Waals surface area contributed by atoms with Gasteiger partial charge in [0.1, 0.15) is 0 Å². The second-order valence-corrected chi connectivity index (χ2v) is 31.3. The predicted octanol–water partition coefficient (Wildman–Crippen LogP) is 20.0. The molecule has 0 saturated heterocycles. The van der Waals surface area contributed by atoms with Crippen LogP contribution in [0.2, 0.25) is 0 Å². The molecule has 1 fully saturated rings. The molecular weight excluding hydrogens is 998 g/mol. The minimum atomic E-state index is -0.168. The lowest BCUT2D eigenvalue weighted by Gasteiger charge is -2.53. The molecular formula is C76H84BN3S. The van der Waals surface area contributed by atoms with Crippen molar-refractivity contribution in [3.63, 3.8) is 0 Å². The molecule has 0 spiro atoms. The van der Waals surface area contributed by atoms with E-state index in [0.717, 1.165) is 23.5 Å². The third-order valence-electron chi connectivity index (χ3n) is 19.8. The Balaban J connectivity index is 1.22. The van der Waals surface area contributed by atoms with Gasteiger partial charge in [0.2, 0.25) is 0 Å². The molecule has 3 nitrogen and oxygen atoms in total. The first-order valence-electron chi connectivity index (χ1n) is 30.2. The summed E-state index contributed by atoms with van der Waals surface area (Å²) in [5.41, 5.74) is 24.8. The molecule has 2 atom stereocenters. The van der Waals surface area contributed by atoms with Crippen LogP contribution in [0.4, 0.5) is 45.5 Å². The van der Waals surface area contributed by atoms with Gasteiger partial charge in [-0.05, 0) is 163 Å². The predicted molar refractivity (Wildman–Crippen MR) is 355 cm³/mol. The largest absolute Gasteiger partial charge is 0.335 e. The summed E-state index contributed by atoms with van der Waals surface area (Å²) < 4.78 is 2.67. The Labute approximate surface area is 489 Å². The van der Waals surface area contributed by atoms with E-state index in [4.69, 9.17) is 0 Å². The second-order valence-electron chi connectivity index (χ2n) is 30.2. The topological polar surface area (TPSA) is 9.72 Å². The van der Waals surface area contributed by atoms with E-state index in [0.29, 0.717) is 0 Å². The van der Waals surface area contributed by atoms with Crippen molar-refractivity contribution in [3.05, 3.63) is 185 Å². The number of fused-ring (bicyclic) bond motifs is 11. The van der Waals surface area contributed by atoms with Gasteiger partial charge >= 0.3 is 0 Å². The van der Waals surface area contributed by atoms with Crippen LogP contribution in [0.25, 0.3) is 31.3 Å². The van der Waals surface area contributed by atoms with Crippen LogP contribution < -0.4 is 31.1 Å². The Morgan fingerprint density at radius 3 is 1.62 bits per heavy atom. The van der Waals surface area contributed by atoms with Crippen molar-refractivity contribution in [2.24, 2.45) is 0 Å². The number of anilines is 8. The molecule has 1 aliphatic carbocycles. The normalized spacial score (nSPS) is 18.8. The standard InChI is InChI=1S/C76H84BN3S/c1-70(2,3)48-25-31-53(32-26-48)78(54-33-27-49(28-34-54)71(4,5)6)55-45-63-66-64(46-55)80-67-59(75(16)39-21-22-40-76(75,80)17)43-52(74(13,14)15)44-61(67)77(66)60-36-35-56-58-42-51(73(10,11)12)30-38-65(58)81-69(56)68(60)79(63)62-37-29-50(72(7,8)9)41-57(62)47-23-19-18-20-24-47/h18-20,23-38,41-46H,21-22,39-40H2,1-17H3. The first kappa shape index (κ1) is 53.7. The molecule has 8 aromatic carbocycles. The minimum Gasteiger partial charge on any atom is -0.335 e. The maximum absolute atomic E-state index is 2.93. The summed E-state index contributed by atoms with van der Waals surface area (Å²) >= 11 is 1.98. The number of hydrogen-bond acceptors (Lipinski definition) is 4. The van der Waals surface area contributed by atoms with Gasteiger partial charge in [-0.3, -0.25) is 0 Å². The van der Waals surface area contributed by atoms with E-state index in [1.165, 1.54) is 123 Å². The SMILES string of the molecule is CC(C)(C)c1ccc(N(c2ccc(C(C)(C)C)cc2)c2cc3c4c(c2)N2c5c(cc(C(C)(C)C)cc5C5(C)CCCCC25C)B4c2ccc4c(sc5ccc(C(C)(C)C)cc54)c2N3c2ccc(C(C)(C)C)cc2-c2ccccc2)cc1. The average Bonchev–Trinajstić information content (AvgIpc) is 2.64. The Bertz CT molecular complexity index is 3940. The summed E-state index contributed by atoms with van der Waals surface area (Å²) in [7, 11) is 0. The lowest BCUT2D eigenvalue weighted by molar-refractivity contribution is 0.195. The Kier molecular flexibility index (Phi) is 11.9. The highest BCUT2D eigenvalue weighted by Gasteiger charge is 2.62. The van der Waals surface area contributed by atoms with E-state index in [1.807, 2.05) is 11.3 Å². The molecule has 1 saturated carbocycles. The van der Waals surface area contributed by atoms with Crippen molar-refractivity contribution in [1.29, 1.82) is 0 Å². The summed E-state index contributed by atoms with van der Waals surface area (Å²) in [4.78, 5) is 8.28. The zero-order valence-electron chi connectivity index (χ0n) is 51.6. The number of thiophene rings is 1. The van der Waals surface area contributed by atoms with Crippen molar-refractivity contribution >= 4 is 100 Å². The van der Waals surface area contributed by atoms with Gasteiger partial charge in [-0.15, -0.1) is 11.3 Å². The first-order valence-corrected chi connectivity index (χ1v) is 31.1. The van der Waals surface area contributed by atoms with Gasteiger partial charge in [-0.2, -0.15) is 0 Å². The highest BCUT2D eigenvalue weighted by atomic mass is 32.1. The van der Waals surface area contributed by atoms with E-state index in [1.54, 1.807) is 5.56 Å². The van der Waals surface area contributed by atoms with Crippen molar-refractivity contribution in [3.8, 4) is 11.1 Å². The van der Waals surface area contributed by atoms with E-state index in [9.17, 15) is 0 Å². The average molecular weight is 1080 g/mol. The van der Waals surface area contributed by atoms with Crippen LogP contribution in [0, 0.1) is 0 Å². The maximum atomic E-state index is 2.93. The smallest absolute Gasteiger partial charge is 0.252 e. The molecule has 0 amide bonds. The Hall–Kier alpha value is -6.56. The molecule has 0 bridgehead atoms. The fourth-order valence-corrected chi connectivity index (χ4v) is 15.9. The van der Waals surface area contributed by atoms with Gasteiger partial charge in [0.05, 0.1) is 27.3 Å². The third kappa shape index (κ3) is 8.31. The van der Waals surface area contributed by atoms with Crippen LogP contribution in [0.3, 0.4) is 0 Å². The summed E-state index contributed by atoms with van der Waals surface area (Å²) in [5, 5.41) is 2.67.